The minimum Gasteiger partial charge on any atom is -0.355 e. The normalized spacial score (nSPS) is 12.4. The zero-order valence-electron chi connectivity index (χ0n) is 10.5. The Balaban J connectivity index is 2.28. The predicted octanol–water partition coefficient (Wildman–Crippen LogP) is 1.49. The molecule has 0 aliphatic rings. The van der Waals surface area contributed by atoms with Gasteiger partial charge < -0.3 is 11.1 Å². The predicted molar refractivity (Wildman–Crippen MR) is 71.0 cm³/mol. The molecule has 0 bridgehead atoms. The van der Waals surface area contributed by atoms with Crippen molar-refractivity contribution in [1.82, 2.24) is 10.3 Å². The van der Waals surface area contributed by atoms with Crippen LogP contribution in [-0.4, -0.2) is 24.0 Å². The minimum atomic E-state index is -0.0443. The van der Waals surface area contributed by atoms with Crippen LogP contribution in [0.3, 0.4) is 0 Å². The highest BCUT2D eigenvalue weighted by Gasteiger charge is 2.14. The average Bonchev–Trinajstić information content (AvgIpc) is 2.71. The van der Waals surface area contributed by atoms with Gasteiger partial charge in [-0.15, -0.1) is 11.3 Å². The summed E-state index contributed by atoms with van der Waals surface area (Å²) in [6.07, 6.45) is 2.64. The van der Waals surface area contributed by atoms with Crippen LogP contribution in [0.1, 0.15) is 30.5 Å². The fourth-order valence-corrected chi connectivity index (χ4v) is 2.33. The standard InChI is InChI=1S/C12H21N3OS/c1-3-4-10(7-13)12(16)14-6-5-11-8-17-9(2)15-11/h8,10H,3-7,13H2,1-2H3,(H,14,16). The molecule has 3 N–H and O–H groups in total. The number of hydrogen-bond donors (Lipinski definition) is 2. The third kappa shape index (κ3) is 4.83. The van der Waals surface area contributed by atoms with E-state index in [0.717, 1.165) is 30.0 Å². The first kappa shape index (κ1) is 14.1. The first-order chi connectivity index (χ1) is 8.17. The van der Waals surface area contributed by atoms with Crippen LogP contribution in [0.5, 0.6) is 0 Å². The summed E-state index contributed by atoms with van der Waals surface area (Å²) in [6, 6.07) is 0. The van der Waals surface area contributed by atoms with E-state index < -0.39 is 0 Å². The molecule has 0 saturated carbocycles. The number of hydrogen-bond acceptors (Lipinski definition) is 4. The molecule has 1 aromatic rings. The van der Waals surface area contributed by atoms with Gasteiger partial charge in [0, 0.05) is 24.9 Å². The Morgan fingerprint density at radius 3 is 2.94 bits per heavy atom. The second kappa shape index (κ2) is 7.40. The number of nitrogens with zero attached hydrogens (tertiary/aromatic N) is 1. The van der Waals surface area contributed by atoms with Crippen LogP contribution in [-0.2, 0) is 11.2 Å². The van der Waals surface area contributed by atoms with Gasteiger partial charge in [0.2, 0.25) is 5.91 Å². The van der Waals surface area contributed by atoms with Crippen molar-refractivity contribution in [3.63, 3.8) is 0 Å². The van der Waals surface area contributed by atoms with E-state index in [9.17, 15) is 4.79 Å². The van der Waals surface area contributed by atoms with Crippen LogP contribution in [0, 0.1) is 12.8 Å². The zero-order valence-corrected chi connectivity index (χ0v) is 11.3. The van der Waals surface area contributed by atoms with Crippen LogP contribution >= 0.6 is 11.3 Å². The molecule has 0 aliphatic heterocycles. The molecule has 1 atom stereocenters. The highest BCUT2D eigenvalue weighted by Crippen LogP contribution is 2.08. The minimum absolute atomic E-state index is 0.0443. The lowest BCUT2D eigenvalue weighted by atomic mass is 10.0. The number of carbonyl (C=O) groups excluding carboxylic acids is 1. The Labute approximate surface area is 107 Å². The SMILES string of the molecule is CCCC(CN)C(=O)NCCc1csc(C)n1. The topological polar surface area (TPSA) is 68.0 Å². The first-order valence-corrected chi connectivity index (χ1v) is 6.94. The third-order valence-electron chi connectivity index (χ3n) is 2.64. The molecule has 0 aliphatic carbocycles. The number of thiazole rings is 1. The number of nitrogens with one attached hydrogen (secondary N) is 1. The summed E-state index contributed by atoms with van der Waals surface area (Å²) in [5.74, 6) is 0.0264. The van der Waals surface area contributed by atoms with Crippen LogP contribution in [0.15, 0.2) is 5.38 Å². The molecule has 1 heterocycles. The van der Waals surface area contributed by atoms with Gasteiger partial charge in [0.1, 0.15) is 0 Å². The maximum atomic E-state index is 11.8. The molecule has 5 heteroatoms. The molecule has 1 rings (SSSR count). The molecule has 1 unspecified atom stereocenters. The van der Waals surface area contributed by atoms with Crippen molar-refractivity contribution < 1.29 is 4.79 Å². The van der Waals surface area contributed by atoms with E-state index in [-0.39, 0.29) is 11.8 Å². The highest BCUT2D eigenvalue weighted by molar-refractivity contribution is 7.09. The van der Waals surface area contributed by atoms with Gasteiger partial charge in [0.05, 0.1) is 16.6 Å². The molecule has 1 amide bonds. The summed E-state index contributed by atoms with van der Waals surface area (Å²) >= 11 is 1.64. The Morgan fingerprint density at radius 2 is 2.41 bits per heavy atom. The summed E-state index contributed by atoms with van der Waals surface area (Å²) in [5.41, 5.74) is 6.62. The van der Waals surface area contributed by atoms with Gasteiger partial charge in [-0.05, 0) is 13.3 Å². The van der Waals surface area contributed by atoms with Gasteiger partial charge in [0.15, 0.2) is 0 Å². The fourth-order valence-electron chi connectivity index (χ4n) is 1.69. The van der Waals surface area contributed by atoms with Gasteiger partial charge in [-0.3, -0.25) is 4.79 Å². The molecule has 0 radical (unpaired) electrons. The zero-order chi connectivity index (χ0) is 12.7. The quantitative estimate of drug-likeness (QED) is 0.775. The number of rotatable bonds is 7. The second-order valence-electron chi connectivity index (χ2n) is 4.12. The van der Waals surface area contributed by atoms with Crippen molar-refractivity contribution in [2.24, 2.45) is 11.7 Å². The van der Waals surface area contributed by atoms with Gasteiger partial charge in [-0.25, -0.2) is 4.98 Å². The smallest absolute Gasteiger partial charge is 0.224 e. The third-order valence-corrected chi connectivity index (χ3v) is 3.46. The Kier molecular flexibility index (Phi) is 6.15. The largest absolute Gasteiger partial charge is 0.355 e. The number of aromatic nitrogens is 1. The summed E-state index contributed by atoms with van der Waals surface area (Å²) in [4.78, 5) is 16.1. The molecule has 0 spiro atoms. The summed E-state index contributed by atoms with van der Waals surface area (Å²) in [7, 11) is 0. The molecular formula is C12H21N3OS. The Morgan fingerprint density at radius 1 is 1.65 bits per heavy atom. The van der Waals surface area contributed by atoms with E-state index in [2.05, 4.69) is 17.2 Å². The number of nitrogens with two attached hydrogens (primary N) is 1. The average molecular weight is 255 g/mol. The van der Waals surface area contributed by atoms with E-state index in [4.69, 9.17) is 5.73 Å². The maximum Gasteiger partial charge on any atom is 0.224 e. The van der Waals surface area contributed by atoms with Crippen molar-refractivity contribution in [2.45, 2.75) is 33.1 Å². The molecule has 0 fully saturated rings. The lowest BCUT2D eigenvalue weighted by Gasteiger charge is -2.13. The molecule has 0 aromatic carbocycles. The summed E-state index contributed by atoms with van der Waals surface area (Å²) < 4.78 is 0. The van der Waals surface area contributed by atoms with Crippen molar-refractivity contribution >= 4 is 17.2 Å². The van der Waals surface area contributed by atoms with Crippen LogP contribution in [0.25, 0.3) is 0 Å². The second-order valence-corrected chi connectivity index (χ2v) is 5.18. The molecule has 0 saturated heterocycles. The van der Waals surface area contributed by atoms with E-state index in [0.29, 0.717) is 13.1 Å². The molecule has 4 nitrogen and oxygen atoms in total. The number of aryl methyl sites for hydroxylation is 1. The van der Waals surface area contributed by atoms with Crippen LogP contribution in [0.2, 0.25) is 0 Å². The Hall–Kier alpha value is -0.940. The number of carbonyl (C=O) groups is 1. The lowest BCUT2D eigenvalue weighted by molar-refractivity contribution is -0.124. The monoisotopic (exact) mass is 255 g/mol. The van der Waals surface area contributed by atoms with Crippen LogP contribution in [0.4, 0.5) is 0 Å². The van der Waals surface area contributed by atoms with Gasteiger partial charge in [-0.2, -0.15) is 0 Å². The van der Waals surface area contributed by atoms with Gasteiger partial charge in [-0.1, -0.05) is 13.3 Å². The summed E-state index contributed by atoms with van der Waals surface area (Å²) in [6.45, 7) is 5.12. The summed E-state index contributed by atoms with van der Waals surface area (Å²) in [5, 5.41) is 6.02. The van der Waals surface area contributed by atoms with Crippen molar-refractivity contribution in [1.29, 1.82) is 0 Å². The first-order valence-electron chi connectivity index (χ1n) is 6.06. The maximum absolute atomic E-state index is 11.8. The highest BCUT2D eigenvalue weighted by atomic mass is 32.1. The van der Waals surface area contributed by atoms with Crippen molar-refractivity contribution in [2.75, 3.05) is 13.1 Å². The van der Waals surface area contributed by atoms with Gasteiger partial charge >= 0.3 is 0 Å². The molecular weight excluding hydrogens is 234 g/mol. The Bertz CT molecular complexity index is 351. The fraction of sp³-hybridized carbons (Fsp3) is 0.667. The lowest BCUT2D eigenvalue weighted by Crippen LogP contribution is -2.36. The van der Waals surface area contributed by atoms with Gasteiger partial charge in [0.25, 0.3) is 0 Å². The van der Waals surface area contributed by atoms with E-state index in [1.54, 1.807) is 11.3 Å². The van der Waals surface area contributed by atoms with Crippen molar-refractivity contribution in [3.05, 3.63) is 16.1 Å². The van der Waals surface area contributed by atoms with E-state index in [1.165, 1.54) is 0 Å². The van der Waals surface area contributed by atoms with Crippen molar-refractivity contribution in [3.8, 4) is 0 Å². The number of amides is 1. The molecule has 1 aromatic heterocycles. The van der Waals surface area contributed by atoms with Crippen LogP contribution < -0.4 is 11.1 Å². The molecule has 17 heavy (non-hydrogen) atoms. The molecule has 96 valence electrons. The van der Waals surface area contributed by atoms with E-state index in [1.807, 2.05) is 12.3 Å². The van der Waals surface area contributed by atoms with E-state index >= 15 is 0 Å².